The van der Waals surface area contributed by atoms with Crippen molar-refractivity contribution >= 4 is 17.3 Å². The summed E-state index contributed by atoms with van der Waals surface area (Å²) in [4.78, 5) is 16.9. The Morgan fingerprint density at radius 3 is 3.08 bits per heavy atom. The zero-order valence-electron chi connectivity index (χ0n) is 14.4. The van der Waals surface area contributed by atoms with Gasteiger partial charge in [-0.15, -0.1) is 11.3 Å². The van der Waals surface area contributed by atoms with Gasteiger partial charge in [-0.2, -0.15) is 0 Å². The number of furan rings is 1. The average molecular weight is 371 g/mol. The average Bonchev–Trinajstić information content (AvgIpc) is 3.37. The second-order valence-electron chi connectivity index (χ2n) is 6.00. The molecular formula is C19H17NO5S. The number of carbonyl (C=O) groups excluding carboxylic acids is 1. The molecule has 3 heterocycles. The molecule has 1 atom stereocenters. The summed E-state index contributed by atoms with van der Waals surface area (Å²) in [6.45, 7) is 2.08. The molecule has 0 radical (unpaired) electrons. The highest BCUT2D eigenvalue weighted by molar-refractivity contribution is 7.13. The first kappa shape index (κ1) is 16.7. The summed E-state index contributed by atoms with van der Waals surface area (Å²) in [5, 5.41) is 2.61. The highest BCUT2D eigenvalue weighted by Gasteiger charge is 2.25. The zero-order valence-corrected chi connectivity index (χ0v) is 15.2. The lowest BCUT2D eigenvalue weighted by Crippen LogP contribution is -2.06. The van der Waals surface area contributed by atoms with Crippen molar-refractivity contribution < 1.29 is 23.4 Å². The number of fused-ring (bicyclic) bond motifs is 1. The molecule has 7 heteroatoms. The maximum atomic E-state index is 12.4. The Kier molecular flexibility index (Phi) is 4.38. The van der Waals surface area contributed by atoms with Gasteiger partial charge < -0.3 is 18.6 Å². The molecule has 2 aromatic heterocycles. The van der Waals surface area contributed by atoms with Crippen LogP contribution in [0.1, 0.15) is 28.5 Å². The van der Waals surface area contributed by atoms with Crippen LogP contribution >= 0.6 is 11.3 Å². The molecule has 0 saturated carbocycles. The lowest BCUT2D eigenvalue weighted by atomic mass is 10.1. The van der Waals surface area contributed by atoms with Crippen LogP contribution in [0.3, 0.4) is 0 Å². The Balaban J connectivity index is 1.47. The number of hydrogen-bond donors (Lipinski definition) is 0. The van der Waals surface area contributed by atoms with Gasteiger partial charge in [-0.3, -0.25) is 0 Å². The van der Waals surface area contributed by atoms with Gasteiger partial charge in [0.15, 0.2) is 22.3 Å². The third-order valence-electron chi connectivity index (χ3n) is 4.05. The number of rotatable bonds is 5. The number of ether oxygens (including phenoxy) is 3. The van der Waals surface area contributed by atoms with Crippen LogP contribution < -0.4 is 9.47 Å². The van der Waals surface area contributed by atoms with E-state index in [-0.39, 0.29) is 12.7 Å². The number of esters is 1. The maximum Gasteiger partial charge on any atom is 0.338 e. The highest BCUT2D eigenvalue weighted by atomic mass is 32.1. The Morgan fingerprint density at radius 2 is 2.31 bits per heavy atom. The van der Waals surface area contributed by atoms with E-state index in [0.29, 0.717) is 28.5 Å². The van der Waals surface area contributed by atoms with Crippen LogP contribution in [0.4, 0.5) is 0 Å². The lowest BCUT2D eigenvalue weighted by Gasteiger charge is -2.10. The Morgan fingerprint density at radius 1 is 1.42 bits per heavy atom. The summed E-state index contributed by atoms with van der Waals surface area (Å²) in [7, 11) is 1.56. The Bertz CT molecular complexity index is 932. The fraction of sp³-hybridized carbons (Fsp3) is 0.263. The monoisotopic (exact) mass is 371 g/mol. The van der Waals surface area contributed by atoms with E-state index in [1.165, 1.54) is 11.3 Å². The molecule has 3 aromatic rings. The van der Waals surface area contributed by atoms with Crippen molar-refractivity contribution in [1.82, 2.24) is 4.98 Å². The first-order valence-corrected chi connectivity index (χ1v) is 9.05. The number of thiazole rings is 1. The van der Waals surface area contributed by atoms with Crippen molar-refractivity contribution in [3.8, 4) is 22.3 Å². The van der Waals surface area contributed by atoms with Crippen molar-refractivity contribution in [2.24, 2.45) is 0 Å². The molecule has 1 unspecified atom stereocenters. The lowest BCUT2D eigenvalue weighted by molar-refractivity contribution is 0.0468. The van der Waals surface area contributed by atoms with E-state index in [4.69, 9.17) is 18.6 Å². The topological polar surface area (TPSA) is 70.8 Å². The van der Waals surface area contributed by atoms with E-state index in [1.807, 2.05) is 24.4 Å². The van der Waals surface area contributed by atoms with Gasteiger partial charge in [0.25, 0.3) is 0 Å². The SMILES string of the molecule is COc1cc(C(=O)OCc2csc(-c3ccco3)n2)cc2c1OC(C)C2. The minimum Gasteiger partial charge on any atom is -0.493 e. The smallest absolute Gasteiger partial charge is 0.338 e. The predicted molar refractivity (Wildman–Crippen MR) is 95.7 cm³/mol. The molecule has 1 aliphatic heterocycles. The van der Waals surface area contributed by atoms with Crippen molar-refractivity contribution in [2.75, 3.05) is 7.11 Å². The largest absolute Gasteiger partial charge is 0.493 e. The third kappa shape index (κ3) is 3.17. The van der Waals surface area contributed by atoms with E-state index in [0.717, 1.165) is 17.0 Å². The maximum absolute atomic E-state index is 12.4. The second kappa shape index (κ2) is 6.84. The van der Waals surface area contributed by atoms with Gasteiger partial charge in [0, 0.05) is 17.4 Å². The van der Waals surface area contributed by atoms with Gasteiger partial charge in [0.1, 0.15) is 12.7 Å². The number of nitrogens with zero attached hydrogens (tertiary/aromatic N) is 1. The Hall–Kier alpha value is -2.80. The zero-order chi connectivity index (χ0) is 18.1. The molecule has 1 aliphatic rings. The number of hydrogen-bond acceptors (Lipinski definition) is 7. The van der Waals surface area contributed by atoms with Gasteiger partial charge in [0.05, 0.1) is 24.6 Å². The van der Waals surface area contributed by atoms with Crippen molar-refractivity contribution in [3.63, 3.8) is 0 Å². The van der Waals surface area contributed by atoms with E-state index in [9.17, 15) is 4.79 Å². The summed E-state index contributed by atoms with van der Waals surface area (Å²) in [5.41, 5.74) is 2.08. The molecule has 4 rings (SSSR count). The van der Waals surface area contributed by atoms with Crippen LogP contribution in [0.15, 0.2) is 40.3 Å². The van der Waals surface area contributed by atoms with Crippen molar-refractivity contribution in [3.05, 3.63) is 52.7 Å². The minimum absolute atomic E-state index is 0.0696. The van der Waals surface area contributed by atoms with Gasteiger partial charge in [-0.1, -0.05) is 0 Å². The predicted octanol–water partition coefficient (Wildman–Crippen LogP) is 4.09. The highest BCUT2D eigenvalue weighted by Crippen LogP contribution is 2.39. The molecule has 6 nitrogen and oxygen atoms in total. The number of methoxy groups -OCH3 is 1. The fourth-order valence-electron chi connectivity index (χ4n) is 2.88. The number of aromatic nitrogens is 1. The standard InChI is InChI=1S/C19H17NO5S/c1-11-6-12-7-13(8-16(22-2)17(12)25-11)19(21)24-9-14-10-26-18(20-14)15-4-3-5-23-15/h3-5,7-8,10-11H,6,9H2,1-2H3. The van der Waals surface area contributed by atoms with Crippen LogP contribution in [0.25, 0.3) is 10.8 Å². The minimum atomic E-state index is -0.418. The Labute approximate surface area is 154 Å². The van der Waals surface area contributed by atoms with Crippen molar-refractivity contribution in [1.29, 1.82) is 0 Å². The van der Waals surface area contributed by atoms with E-state index in [2.05, 4.69) is 4.98 Å². The van der Waals surface area contributed by atoms with Gasteiger partial charge in [-0.25, -0.2) is 9.78 Å². The van der Waals surface area contributed by atoms with Crippen LogP contribution in [-0.2, 0) is 17.8 Å². The van der Waals surface area contributed by atoms with Crippen LogP contribution in [0, 0.1) is 0 Å². The van der Waals surface area contributed by atoms with E-state index < -0.39 is 5.97 Å². The summed E-state index contributed by atoms with van der Waals surface area (Å²) in [6.07, 6.45) is 2.41. The van der Waals surface area contributed by atoms with Gasteiger partial charge in [-0.05, 0) is 31.2 Å². The molecule has 0 amide bonds. The van der Waals surface area contributed by atoms with E-state index >= 15 is 0 Å². The molecule has 0 spiro atoms. The molecule has 0 N–H and O–H groups in total. The van der Waals surface area contributed by atoms with Crippen LogP contribution in [-0.4, -0.2) is 24.2 Å². The summed E-state index contributed by atoms with van der Waals surface area (Å²) < 4.78 is 21.8. The third-order valence-corrected chi connectivity index (χ3v) is 4.95. The fourth-order valence-corrected chi connectivity index (χ4v) is 3.65. The molecule has 0 saturated heterocycles. The van der Waals surface area contributed by atoms with Gasteiger partial charge >= 0.3 is 5.97 Å². The molecule has 0 bridgehead atoms. The first-order valence-electron chi connectivity index (χ1n) is 8.17. The molecule has 26 heavy (non-hydrogen) atoms. The number of carbonyl (C=O) groups is 1. The van der Waals surface area contributed by atoms with Crippen LogP contribution in [0.5, 0.6) is 11.5 Å². The van der Waals surface area contributed by atoms with Crippen molar-refractivity contribution in [2.45, 2.75) is 26.1 Å². The molecule has 134 valence electrons. The molecule has 0 aliphatic carbocycles. The molecular weight excluding hydrogens is 354 g/mol. The summed E-state index contributed by atoms with van der Waals surface area (Å²) >= 11 is 1.44. The molecule has 1 aromatic carbocycles. The second-order valence-corrected chi connectivity index (χ2v) is 6.85. The van der Waals surface area contributed by atoms with Gasteiger partial charge in [0.2, 0.25) is 0 Å². The molecule has 0 fully saturated rings. The van der Waals surface area contributed by atoms with Crippen LogP contribution in [0.2, 0.25) is 0 Å². The quantitative estimate of drug-likeness (QED) is 0.629. The summed E-state index contributed by atoms with van der Waals surface area (Å²) in [6, 6.07) is 7.10. The number of benzene rings is 1. The first-order chi connectivity index (χ1) is 12.6. The van der Waals surface area contributed by atoms with E-state index in [1.54, 1.807) is 25.5 Å². The summed E-state index contributed by atoms with van der Waals surface area (Å²) in [5.74, 6) is 1.54. The normalized spacial score (nSPS) is 15.4.